The van der Waals surface area contributed by atoms with E-state index in [0.29, 0.717) is 11.6 Å². The van der Waals surface area contributed by atoms with Crippen molar-refractivity contribution in [2.75, 3.05) is 12.4 Å². The first-order valence-electron chi connectivity index (χ1n) is 6.40. The fourth-order valence-corrected chi connectivity index (χ4v) is 2.74. The highest BCUT2D eigenvalue weighted by Gasteiger charge is 2.27. The molecule has 0 unspecified atom stereocenters. The fourth-order valence-electron chi connectivity index (χ4n) is 1.73. The van der Waals surface area contributed by atoms with Crippen LogP contribution < -0.4 is 10.0 Å². The van der Waals surface area contributed by atoms with Crippen molar-refractivity contribution in [2.45, 2.75) is 18.7 Å². The van der Waals surface area contributed by atoms with Gasteiger partial charge in [-0.3, -0.25) is 5.32 Å². The highest BCUT2D eigenvalue weighted by atomic mass is 32.2. The molecule has 2 aromatic heterocycles. The number of urea groups is 1. The molecule has 0 saturated carbocycles. The summed E-state index contributed by atoms with van der Waals surface area (Å²) in [5.41, 5.74) is -0.343. The number of anilines is 1. The van der Waals surface area contributed by atoms with Crippen LogP contribution in [-0.4, -0.2) is 42.5 Å². The Morgan fingerprint density at radius 1 is 1.12 bits per heavy atom. The molecule has 2 amide bonds. The van der Waals surface area contributed by atoms with Crippen LogP contribution in [0.2, 0.25) is 0 Å². The van der Waals surface area contributed by atoms with Crippen LogP contribution in [0.5, 0.6) is 0 Å². The summed E-state index contributed by atoms with van der Waals surface area (Å²) in [6, 6.07) is -1.11. The van der Waals surface area contributed by atoms with Crippen LogP contribution in [0.4, 0.5) is 10.7 Å². The van der Waals surface area contributed by atoms with Crippen molar-refractivity contribution in [2.24, 2.45) is 0 Å². The number of furan rings is 1. The van der Waals surface area contributed by atoms with E-state index in [0.717, 1.165) is 19.6 Å². The third-order valence-corrected chi connectivity index (χ3v) is 3.98. The third-order valence-electron chi connectivity index (χ3n) is 2.63. The van der Waals surface area contributed by atoms with Gasteiger partial charge in [-0.1, -0.05) is 0 Å². The smallest absolute Gasteiger partial charge is 0.342 e. The third kappa shape index (κ3) is 3.84. The second kappa shape index (κ2) is 6.62. The van der Waals surface area contributed by atoms with E-state index < -0.39 is 26.9 Å². The molecule has 0 fully saturated rings. The first-order chi connectivity index (χ1) is 11.2. The van der Waals surface area contributed by atoms with Crippen LogP contribution in [0.25, 0.3) is 0 Å². The molecule has 2 aromatic rings. The molecule has 0 aliphatic rings. The van der Waals surface area contributed by atoms with Crippen LogP contribution in [-0.2, 0) is 14.8 Å². The Morgan fingerprint density at radius 3 is 2.33 bits per heavy atom. The molecule has 0 spiro atoms. The number of sulfonamides is 1. The molecular weight excluding hydrogens is 342 g/mol. The lowest BCUT2D eigenvalue weighted by atomic mass is 10.3. The largest absolute Gasteiger partial charge is 0.470 e. The van der Waals surface area contributed by atoms with Gasteiger partial charge in [-0.2, -0.15) is 9.97 Å². The average Bonchev–Trinajstić information content (AvgIpc) is 2.94. The Balaban J connectivity index is 2.19. The number of aromatic nitrogens is 3. The number of esters is 1. The summed E-state index contributed by atoms with van der Waals surface area (Å²) in [6.07, 6.45) is 1.70. The molecule has 12 heteroatoms. The van der Waals surface area contributed by atoms with Crippen molar-refractivity contribution in [1.29, 1.82) is 0 Å². The second-order valence-corrected chi connectivity index (χ2v) is 6.11. The minimum absolute atomic E-state index is 0.118. The molecule has 2 rings (SSSR count). The second-order valence-electron chi connectivity index (χ2n) is 4.45. The van der Waals surface area contributed by atoms with Gasteiger partial charge in [0.05, 0.1) is 7.11 Å². The van der Waals surface area contributed by atoms with Crippen molar-refractivity contribution in [3.8, 4) is 0 Å². The lowest BCUT2D eigenvalue weighted by molar-refractivity contribution is 0.0596. The maximum Gasteiger partial charge on any atom is 0.342 e. The van der Waals surface area contributed by atoms with E-state index in [1.54, 1.807) is 18.6 Å². The van der Waals surface area contributed by atoms with E-state index in [4.69, 9.17) is 4.42 Å². The number of hydrogen-bond donors (Lipinski definition) is 2. The van der Waals surface area contributed by atoms with E-state index >= 15 is 0 Å². The molecule has 0 bridgehead atoms. The Morgan fingerprint density at radius 2 is 1.75 bits per heavy atom. The Hall–Kier alpha value is -3.02. The summed E-state index contributed by atoms with van der Waals surface area (Å²) in [6.45, 7) is 3.17. The number of amides is 2. The topological polar surface area (TPSA) is 153 Å². The standard InChI is InChI=1S/C12H13N5O6S/c1-6-13-7(2)15-11(14-6)16-12(19)17-24(20,21)9-5-23-4-8(9)10(18)22-3/h4-5H,1-3H3,(H2,13,14,15,16,17,19). The first-order valence-corrected chi connectivity index (χ1v) is 7.89. The van der Waals surface area contributed by atoms with E-state index in [1.807, 2.05) is 0 Å². The maximum atomic E-state index is 12.2. The van der Waals surface area contributed by atoms with Gasteiger partial charge in [-0.15, -0.1) is 0 Å². The number of nitrogens with zero attached hydrogens (tertiary/aromatic N) is 3. The minimum Gasteiger partial charge on any atom is -0.470 e. The predicted molar refractivity (Wildman–Crippen MR) is 78.7 cm³/mol. The Labute approximate surface area is 136 Å². The minimum atomic E-state index is -4.37. The summed E-state index contributed by atoms with van der Waals surface area (Å²) in [7, 11) is -3.29. The first kappa shape index (κ1) is 17.3. The number of rotatable bonds is 4. The SMILES string of the molecule is COC(=O)c1cocc1S(=O)(=O)NC(=O)Nc1nc(C)nc(C)n1. The number of nitrogens with one attached hydrogen (secondary N) is 2. The van der Waals surface area contributed by atoms with Gasteiger partial charge in [0.25, 0.3) is 10.0 Å². The van der Waals surface area contributed by atoms with E-state index in [-0.39, 0.29) is 11.5 Å². The predicted octanol–water partition coefficient (Wildman–Crippen LogP) is 0.378. The lowest BCUT2D eigenvalue weighted by Gasteiger charge is -2.08. The van der Waals surface area contributed by atoms with Gasteiger partial charge in [-0.25, -0.2) is 27.7 Å². The zero-order valence-corrected chi connectivity index (χ0v) is 13.7. The number of ether oxygens (including phenoxy) is 1. The molecule has 128 valence electrons. The van der Waals surface area contributed by atoms with Crippen molar-refractivity contribution in [3.63, 3.8) is 0 Å². The molecule has 2 N–H and O–H groups in total. The van der Waals surface area contributed by atoms with Gasteiger partial charge in [0, 0.05) is 0 Å². The average molecular weight is 355 g/mol. The molecule has 0 aliphatic carbocycles. The molecule has 24 heavy (non-hydrogen) atoms. The van der Waals surface area contributed by atoms with Crippen LogP contribution >= 0.6 is 0 Å². The summed E-state index contributed by atoms with van der Waals surface area (Å²) < 4.78 is 35.2. The zero-order valence-electron chi connectivity index (χ0n) is 12.9. The zero-order chi connectivity index (χ0) is 17.9. The van der Waals surface area contributed by atoms with Gasteiger partial charge in [0.1, 0.15) is 34.6 Å². The highest BCUT2D eigenvalue weighted by Crippen LogP contribution is 2.17. The number of aryl methyl sites for hydroxylation is 2. The Bertz CT molecular complexity index is 871. The molecule has 2 heterocycles. The molecular formula is C12H13N5O6S. The van der Waals surface area contributed by atoms with Gasteiger partial charge < -0.3 is 9.15 Å². The fraction of sp³-hybridized carbons (Fsp3) is 0.250. The number of methoxy groups -OCH3 is 1. The summed E-state index contributed by atoms with van der Waals surface area (Å²) in [4.78, 5) is 34.4. The van der Waals surface area contributed by atoms with E-state index in [9.17, 15) is 18.0 Å². The van der Waals surface area contributed by atoms with Crippen molar-refractivity contribution in [3.05, 3.63) is 29.7 Å². The van der Waals surface area contributed by atoms with E-state index in [2.05, 4.69) is 25.0 Å². The van der Waals surface area contributed by atoms with Crippen LogP contribution in [0.1, 0.15) is 22.0 Å². The highest BCUT2D eigenvalue weighted by molar-refractivity contribution is 7.90. The monoisotopic (exact) mass is 355 g/mol. The van der Waals surface area contributed by atoms with Gasteiger partial charge in [0.15, 0.2) is 0 Å². The molecule has 0 saturated heterocycles. The van der Waals surface area contributed by atoms with Crippen LogP contribution in [0.3, 0.4) is 0 Å². The normalized spacial score (nSPS) is 11.0. The maximum absolute atomic E-state index is 12.2. The van der Waals surface area contributed by atoms with Crippen LogP contribution in [0.15, 0.2) is 21.8 Å². The number of carbonyl (C=O) groups is 2. The molecule has 0 radical (unpaired) electrons. The number of carbonyl (C=O) groups excluding carboxylic acids is 2. The lowest BCUT2D eigenvalue weighted by Crippen LogP contribution is -2.35. The van der Waals surface area contributed by atoms with E-state index in [1.165, 1.54) is 0 Å². The van der Waals surface area contributed by atoms with Gasteiger partial charge >= 0.3 is 12.0 Å². The molecule has 0 aromatic carbocycles. The molecule has 0 atom stereocenters. The summed E-state index contributed by atoms with van der Waals surface area (Å²) >= 11 is 0. The Kier molecular flexibility index (Phi) is 4.78. The summed E-state index contributed by atoms with van der Waals surface area (Å²) in [5.74, 6) is -0.340. The number of hydrogen-bond acceptors (Lipinski definition) is 9. The van der Waals surface area contributed by atoms with Gasteiger partial charge in [-0.05, 0) is 13.8 Å². The molecule has 0 aliphatic heterocycles. The summed E-state index contributed by atoms with van der Waals surface area (Å²) in [5, 5.41) is 2.17. The van der Waals surface area contributed by atoms with Crippen LogP contribution in [0, 0.1) is 13.8 Å². The molecule has 11 nitrogen and oxygen atoms in total. The van der Waals surface area contributed by atoms with Crippen molar-refractivity contribution >= 4 is 28.0 Å². The van der Waals surface area contributed by atoms with Crippen molar-refractivity contribution < 1.29 is 27.2 Å². The van der Waals surface area contributed by atoms with Crippen molar-refractivity contribution in [1.82, 2.24) is 19.7 Å². The quantitative estimate of drug-likeness (QED) is 0.741. The van der Waals surface area contributed by atoms with Gasteiger partial charge in [0.2, 0.25) is 5.95 Å².